The summed E-state index contributed by atoms with van der Waals surface area (Å²) in [7, 11) is 0. The van der Waals surface area contributed by atoms with Crippen LogP contribution in [0.25, 0.3) is 0 Å². The lowest BCUT2D eigenvalue weighted by molar-refractivity contribution is -0.137. The summed E-state index contributed by atoms with van der Waals surface area (Å²) in [5.41, 5.74) is 2.04. The minimum atomic E-state index is -4.51. The molecule has 1 heterocycles. The van der Waals surface area contributed by atoms with Crippen LogP contribution in [0.1, 0.15) is 11.1 Å². The number of nitrogens with zero attached hydrogens (tertiary/aromatic N) is 2. The van der Waals surface area contributed by atoms with Gasteiger partial charge in [0.15, 0.2) is 11.0 Å². The highest BCUT2D eigenvalue weighted by Crippen LogP contribution is 2.32. The Morgan fingerprint density at radius 1 is 1.14 bits per heavy atom. The lowest BCUT2D eigenvalue weighted by atomic mass is 10.2. The van der Waals surface area contributed by atoms with E-state index in [0.29, 0.717) is 16.8 Å². The second kappa shape index (κ2) is 6.73. The van der Waals surface area contributed by atoms with Crippen molar-refractivity contribution in [2.75, 3.05) is 5.43 Å². The van der Waals surface area contributed by atoms with Gasteiger partial charge in [-0.15, -0.1) is 0 Å². The molecule has 0 fully saturated rings. The number of hydrogen-bond acceptors (Lipinski definition) is 3. The number of hydrogen-bond donors (Lipinski definition) is 1. The summed E-state index contributed by atoms with van der Waals surface area (Å²) in [6.45, 7) is 0. The molecule has 0 amide bonds. The lowest BCUT2D eigenvalue weighted by Crippen LogP contribution is -2.07. The molecule has 0 saturated carbocycles. The van der Waals surface area contributed by atoms with Crippen LogP contribution < -0.4 is 5.43 Å². The first kappa shape index (κ1) is 16.9. The monoisotopic (exact) mass is 367 g/mol. The number of alkyl halides is 3. The largest absolute Gasteiger partial charge is 0.417 e. The van der Waals surface area contributed by atoms with Crippen molar-refractivity contribution in [2.45, 2.75) is 6.18 Å². The molecule has 22 heavy (non-hydrogen) atoms. The van der Waals surface area contributed by atoms with Gasteiger partial charge in [0.25, 0.3) is 0 Å². The standard InChI is InChI=1S/C13H7Cl3F3N3/c14-9-3-1-7(2-4-9)11(16)21-22-12-10(15)5-8(6-20-12)13(17,18)19/h1-6H,(H,20,22)/b21-11-. The summed E-state index contributed by atoms with van der Waals surface area (Å²) >= 11 is 17.4. The summed E-state index contributed by atoms with van der Waals surface area (Å²) in [5.74, 6) is -0.0400. The van der Waals surface area contributed by atoms with Gasteiger partial charge in [-0.25, -0.2) is 4.98 Å². The first-order chi connectivity index (χ1) is 10.3. The zero-order valence-electron chi connectivity index (χ0n) is 10.6. The topological polar surface area (TPSA) is 37.3 Å². The number of nitrogens with one attached hydrogen (secondary N) is 1. The molecule has 116 valence electrons. The van der Waals surface area contributed by atoms with Gasteiger partial charge in [0.05, 0.1) is 10.6 Å². The Morgan fingerprint density at radius 2 is 1.77 bits per heavy atom. The third kappa shape index (κ3) is 4.25. The SMILES string of the molecule is FC(F)(F)c1cnc(N/N=C(\Cl)c2ccc(Cl)cc2)c(Cl)c1. The number of pyridine rings is 1. The van der Waals surface area contributed by atoms with Crippen molar-refractivity contribution in [1.29, 1.82) is 0 Å². The molecular weight excluding hydrogens is 362 g/mol. The van der Waals surface area contributed by atoms with E-state index in [1.165, 1.54) is 0 Å². The molecule has 0 saturated heterocycles. The quantitative estimate of drug-likeness (QED) is 0.580. The molecule has 2 rings (SSSR count). The van der Waals surface area contributed by atoms with Crippen molar-refractivity contribution < 1.29 is 13.2 Å². The minimum absolute atomic E-state index is 0.0400. The summed E-state index contributed by atoms with van der Waals surface area (Å²) in [5, 5.41) is 4.20. The lowest BCUT2D eigenvalue weighted by Gasteiger charge is -2.08. The van der Waals surface area contributed by atoms with E-state index in [9.17, 15) is 13.2 Å². The number of hydrazone groups is 1. The van der Waals surface area contributed by atoms with E-state index in [-0.39, 0.29) is 16.0 Å². The van der Waals surface area contributed by atoms with E-state index in [1.807, 2.05) is 0 Å². The Hall–Kier alpha value is -1.50. The van der Waals surface area contributed by atoms with Gasteiger partial charge in [0.1, 0.15) is 0 Å². The van der Waals surface area contributed by atoms with Crippen molar-refractivity contribution in [3.63, 3.8) is 0 Å². The molecule has 0 spiro atoms. The normalized spacial score (nSPS) is 12.4. The van der Waals surface area contributed by atoms with Crippen LogP contribution in [0.4, 0.5) is 19.0 Å². The van der Waals surface area contributed by atoms with Gasteiger partial charge < -0.3 is 0 Å². The third-order valence-corrected chi connectivity index (χ3v) is 3.35. The minimum Gasteiger partial charge on any atom is -0.259 e. The molecule has 2 aromatic rings. The molecule has 0 aliphatic carbocycles. The molecule has 9 heteroatoms. The first-order valence-corrected chi connectivity index (χ1v) is 6.88. The van der Waals surface area contributed by atoms with E-state index < -0.39 is 11.7 Å². The van der Waals surface area contributed by atoms with E-state index >= 15 is 0 Å². The highest BCUT2D eigenvalue weighted by Gasteiger charge is 2.31. The number of anilines is 1. The predicted octanol–water partition coefficient (Wildman–Crippen LogP) is 5.42. The zero-order valence-corrected chi connectivity index (χ0v) is 12.9. The van der Waals surface area contributed by atoms with E-state index in [4.69, 9.17) is 34.8 Å². The Kier molecular flexibility index (Phi) is 5.16. The molecule has 0 aliphatic rings. The smallest absolute Gasteiger partial charge is 0.259 e. The van der Waals surface area contributed by atoms with Gasteiger partial charge in [-0.2, -0.15) is 18.3 Å². The van der Waals surface area contributed by atoms with Crippen molar-refractivity contribution in [3.05, 3.63) is 57.7 Å². The molecule has 3 nitrogen and oxygen atoms in total. The van der Waals surface area contributed by atoms with Crippen LogP contribution in [0.2, 0.25) is 10.0 Å². The molecule has 0 atom stereocenters. The number of halogens is 6. The Labute approximate surface area is 138 Å². The summed E-state index contributed by atoms with van der Waals surface area (Å²) in [4.78, 5) is 3.57. The van der Waals surface area contributed by atoms with Gasteiger partial charge in [-0.3, -0.25) is 5.43 Å². The highest BCUT2D eigenvalue weighted by atomic mass is 35.5. The van der Waals surface area contributed by atoms with Crippen molar-refractivity contribution in [3.8, 4) is 0 Å². The van der Waals surface area contributed by atoms with Gasteiger partial charge in [0.2, 0.25) is 0 Å². The average Bonchev–Trinajstić information content (AvgIpc) is 2.45. The fraction of sp³-hybridized carbons (Fsp3) is 0.0769. The molecule has 1 aromatic carbocycles. The van der Waals surface area contributed by atoms with Gasteiger partial charge in [-0.1, -0.05) is 46.9 Å². The number of aromatic nitrogens is 1. The van der Waals surface area contributed by atoms with Crippen LogP contribution >= 0.6 is 34.8 Å². The number of benzene rings is 1. The molecular formula is C13H7Cl3F3N3. The Balaban J connectivity index is 2.17. The highest BCUT2D eigenvalue weighted by molar-refractivity contribution is 6.69. The van der Waals surface area contributed by atoms with Crippen LogP contribution in [0, 0.1) is 0 Å². The third-order valence-electron chi connectivity index (χ3n) is 2.51. The summed E-state index contributed by atoms with van der Waals surface area (Å²) < 4.78 is 37.5. The molecule has 0 unspecified atom stereocenters. The fourth-order valence-electron chi connectivity index (χ4n) is 1.43. The van der Waals surface area contributed by atoms with Crippen LogP contribution in [0.15, 0.2) is 41.6 Å². The Bertz CT molecular complexity index is 700. The zero-order chi connectivity index (χ0) is 16.3. The molecule has 0 radical (unpaired) electrons. The van der Waals surface area contributed by atoms with E-state index in [2.05, 4.69) is 15.5 Å². The van der Waals surface area contributed by atoms with Gasteiger partial charge >= 0.3 is 6.18 Å². The number of rotatable bonds is 3. The van der Waals surface area contributed by atoms with Crippen LogP contribution in [-0.2, 0) is 6.18 Å². The van der Waals surface area contributed by atoms with Crippen molar-refractivity contribution in [1.82, 2.24) is 4.98 Å². The fourth-order valence-corrected chi connectivity index (χ4v) is 1.93. The summed E-state index contributed by atoms with van der Waals surface area (Å²) in [6.07, 6.45) is -3.86. The Morgan fingerprint density at radius 3 is 2.32 bits per heavy atom. The second-order valence-electron chi connectivity index (χ2n) is 4.07. The van der Waals surface area contributed by atoms with Crippen LogP contribution in [-0.4, -0.2) is 10.2 Å². The van der Waals surface area contributed by atoms with E-state index in [0.717, 1.165) is 6.07 Å². The molecule has 1 N–H and O–H groups in total. The maximum atomic E-state index is 12.5. The van der Waals surface area contributed by atoms with Gasteiger partial charge in [0, 0.05) is 16.8 Å². The van der Waals surface area contributed by atoms with Crippen molar-refractivity contribution >= 4 is 45.8 Å². The van der Waals surface area contributed by atoms with Crippen LogP contribution in [0.5, 0.6) is 0 Å². The van der Waals surface area contributed by atoms with Crippen molar-refractivity contribution in [2.24, 2.45) is 5.10 Å². The molecule has 1 aromatic heterocycles. The molecule has 0 aliphatic heterocycles. The predicted molar refractivity (Wildman–Crippen MR) is 81.7 cm³/mol. The second-order valence-corrected chi connectivity index (χ2v) is 5.28. The average molecular weight is 369 g/mol. The summed E-state index contributed by atoms with van der Waals surface area (Å²) in [6, 6.07) is 7.27. The van der Waals surface area contributed by atoms with E-state index in [1.54, 1.807) is 24.3 Å². The first-order valence-electron chi connectivity index (χ1n) is 5.75. The van der Waals surface area contributed by atoms with Gasteiger partial charge in [-0.05, 0) is 18.2 Å². The maximum absolute atomic E-state index is 12.5. The van der Waals surface area contributed by atoms with Crippen LogP contribution in [0.3, 0.4) is 0 Å². The maximum Gasteiger partial charge on any atom is 0.417 e. The molecule has 0 bridgehead atoms.